The van der Waals surface area contributed by atoms with Crippen molar-refractivity contribution in [1.29, 1.82) is 0 Å². The van der Waals surface area contributed by atoms with Gasteiger partial charge >= 0.3 is 42.1 Å². The van der Waals surface area contributed by atoms with E-state index in [9.17, 15) is 90.4 Å². The summed E-state index contributed by atoms with van der Waals surface area (Å²) in [5, 5.41) is 183. The third-order valence-electron chi connectivity index (χ3n) is 14.8. The predicted octanol–water partition coefficient (Wildman–Crippen LogP) is 13.1. The van der Waals surface area contributed by atoms with Crippen molar-refractivity contribution < 1.29 is 140 Å². The van der Waals surface area contributed by atoms with Gasteiger partial charge in [-0.3, -0.25) is 0 Å². The van der Waals surface area contributed by atoms with Crippen molar-refractivity contribution in [2.24, 2.45) is 0 Å². The van der Waals surface area contributed by atoms with Crippen molar-refractivity contribution in [1.82, 2.24) is 0 Å². The van der Waals surface area contributed by atoms with Gasteiger partial charge in [-0.2, -0.15) is 19.2 Å². The van der Waals surface area contributed by atoms with Crippen LogP contribution < -0.4 is 0 Å². The topological polar surface area (TPSA) is 538 Å². The molecule has 0 radical (unpaired) electrons. The fourth-order valence-corrected chi connectivity index (χ4v) is 10.2. The van der Waals surface area contributed by atoms with E-state index in [1.807, 2.05) is 30.3 Å². The summed E-state index contributed by atoms with van der Waals surface area (Å²) < 4.78 is 0. The summed E-state index contributed by atoms with van der Waals surface area (Å²) in [5.74, 6) is -8.92. The van der Waals surface area contributed by atoms with Gasteiger partial charge in [-0.25, -0.2) is 24.0 Å². The molecule has 0 heterocycles. The highest BCUT2D eigenvalue weighted by atomic mass is 16.4. The van der Waals surface area contributed by atoms with Crippen LogP contribution in [0.5, 0.6) is 80.5 Å². The molecule has 14 rings (SSSR count). The molecule has 0 bridgehead atoms. The molecule has 0 amide bonds. The Morgan fingerprint density at radius 2 is 0.590 bits per heavy atom. The van der Waals surface area contributed by atoms with Crippen LogP contribution >= 0.6 is 0 Å². The van der Waals surface area contributed by atoms with Crippen molar-refractivity contribution >= 4 is 118 Å². The number of hydrogen-bond donors (Lipinski definition) is 19. The van der Waals surface area contributed by atoms with Gasteiger partial charge in [0.15, 0.2) is 46.0 Å². The van der Waals surface area contributed by atoms with E-state index < -0.39 is 58.6 Å². The zero-order valence-corrected chi connectivity index (χ0v) is 53.5. The highest BCUT2D eigenvalue weighted by Gasteiger charge is 2.20. The monoisotopic (exact) mass is 1430 g/mol. The number of fused-ring (bicyclic) bond motifs is 7. The minimum atomic E-state index is -1.26. The van der Waals surface area contributed by atoms with Crippen molar-refractivity contribution in [3.8, 4) is 80.5 Å². The molecule has 105 heavy (non-hydrogen) atoms. The summed E-state index contributed by atoms with van der Waals surface area (Å²) in [6, 6.07) is 58.4. The lowest BCUT2D eigenvalue weighted by Crippen LogP contribution is -1.98. The molecule has 0 saturated heterocycles. The Hall–Kier alpha value is -15.8. The van der Waals surface area contributed by atoms with E-state index >= 15 is 0 Å². The first-order valence-corrected chi connectivity index (χ1v) is 29.6. The first kappa shape index (κ1) is 78.2. The number of carboxylic acid groups (broad SMARTS) is 5. The van der Waals surface area contributed by atoms with Crippen molar-refractivity contribution in [2.45, 2.75) is 0 Å². The number of carbonyl (C=O) groups excluding carboxylic acids is 4. The second kappa shape index (κ2) is 35.6. The average Bonchev–Trinajstić information content (AvgIpc) is 0.805. The second-order valence-electron chi connectivity index (χ2n) is 21.2. The summed E-state index contributed by atoms with van der Waals surface area (Å²) in [6.45, 7) is 0. The SMILES string of the molecule is O=C(O)c1c(O)c(O)cc2ccccc12.O=C(O)c1c(O)cc(O)c2ccccc12.O=C(O)c1c(O)ccc2cc(O)ccc12.O=C(O)c1cc(O)c(O)c2ccccc12.O=C(O)c1cccc2ccc(O)c(O)c12.O=C=O.O=C=O.Oc1ccc(O)c2ccccc12.Oc1ccc2ccccc2c1O. The molecular weight excluding hydrogens is 1370 g/mol. The number of carboxylic acids is 5. The normalized spacial score (nSPS) is 9.94. The molecule has 0 aliphatic rings. The molecule has 0 spiro atoms. The summed E-state index contributed by atoms with van der Waals surface area (Å²) >= 11 is 0. The maximum absolute atomic E-state index is 10.9. The van der Waals surface area contributed by atoms with Gasteiger partial charge in [0.2, 0.25) is 0 Å². The Morgan fingerprint density at radius 1 is 0.219 bits per heavy atom. The maximum Gasteiger partial charge on any atom is 0.373 e. The summed E-state index contributed by atoms with van der Waals surface area (Å²) in [4.78, 5) is 87.0. The largest absolute Gasteiger partial charge is 0.508 e. The van der Waals surface area contributed by atoms with Crippen molar-refractivity contribution in [2.75, 3.05) is 0 Å². The lowest BCUT2D eigenvalue weighted by Gasteiger charge is -2.06. The van der Waals surface area contributed by atoms with Gasteiger partial charge in [0, 0.05) is 59.9 Å². The third-order valence-corrected chi connectivity index (χ3v) is 14.8. The zero-order valence-electron chi connectivity index (χ0n) is 53.5. The van der Waals surface area contributed by atoms with Crippen LogP contribution in [-0.4, -0.2) is 139 Å². The molecule has 14 aromatic rings. The fraction of sp³-hybridized carbons (Fsp3) is 0. The fourth-order valence-electron chi connectivity index (χ4n) is 10.2. The number of carbonyl (C=O) groups is 5. The Bertz CT molecular complexity index is 5600. The Balaban J connectivity index is 0.000000190. The number of benzene rings is 14. The highest BCUT2D eigenvalue weighted by molar-refractivity contribution is 6.11. The first-order chi connectivity index (χ1) is 49.9. The Kier molecular flexibility index (Phi) is 26.5. The molecule has 0 aliphatic carbocycles. The van der Waals surface area contributed by atoms with Gasteiger partial charge < -0.3 is 97.0 Å². The molecule has 0 saturated carbocycles. The van der Waals surface area contributed by atoms with Gasteiger partial charge in [-0.05, 0) is 88.3 Å². The predicted molar refractivity (Wildman–Crippen MR) is 376 cm³/mol. The molecule has 0 aliphatic heterocycles. The molecule has 0 fully saturated rings. The van der Waals surface area contributed by atoms with Crippen LogP contribution in [0.15, 0.2) is 224 Å². The molecule has 0 unspecified atom stereocenters. The number of phenolic OH excluding ortho intramolecular Hbond substituents is 11. The molecule has 532 valence electrons. The lowest BCUT2D eigenvalue weighted by molar-refractivity contribution is -0.193. The average molecular weight is 1430 g/mol. The van der Waals surface area contributed by atoms with E-state index in [2.05, 4.69) is 0 Å². The molecule has 14 aromatic carbocycles. The molecule has 28 heteroatoms. The maximum atomic E-state index is 10.9. The standard InChI is InChI=1S/5C11H8O4.2C10H8O2.2CO2/c12-7-2-3-8-6(5-7)1-4-9(13)10(8)11(14)15;12-8-5-4-6-2-1-3-7(11(14)15)9(6)10(8)13;12-8-5-9(13)10(11(14)15)7-4-2-1-3-6(7)8;12-9-5-8(11(14)15)6-3-1-2-4-7(6)10(9)13;12-8-5-6-3-1-2-4-7(6)9(10(8)13)11(14)15;11-9-5-6-10(12)8-4-2-1-3-7(8)9;11-9-6-5-7-3-1-2-4-8(7)10(9)12;2*2-1-3/h5*1-5,12-13H,(H,14,15);2*1-6,11-12H;;. The summed E-state index contributed by atoms with van der Waals surface area (Å²) in [7, 11) is 0. The minimum absolute atomic E-state index is 0.0269. The van der Waals surface area contributed by atoms with Crippen LogP contribution in [0.4, 0.5) is 0 Å². The van der Waals surface area contributed by atoms with E-state index in [0.717, 1.165) is 17.5 Å². The Morgan fingerprint density at radius 3 is 1.12 bits per heavy atom. The molecule has 19 N–H and O–H groups in total. The minimum Gasteiger partial charge on any atom is -0.508 e. The number of hydrogen-bond acceptors (Lipinski definition) is 23. The highest BCUT2D eigenvalue weighted by Crippen LogP contribution is 2.40. The first-order valence-electron chi connectivity index (χ1n) is 29.6. The number of phenols is 14. The third kappa shape index (κ3) is 18.9. The van der Waals surface area contributed by atoms with Crippen LogP contribution in [0.3, 0.4) is 0 Å². The van der Waals surface area contributed by atoms with Crippen LogP contribution in [0.2, 0.25) is 0 Å². The van der Waals surface area contributed by atoms with E-state index in [0.29, 0.717) is 64.6 Å². The van der Waals surface area contributed by atoms with Gasteiger partial charge in [0.25, 0.3) is 0 Å². The zero-order chi connectivity index (χ0) is 77.5. The molecule has 0 aromatic heterocycles. The second-order valence-corrected chi connectivity index (χ2v) is 21.2. The number of aromatic hydroxyl groups is 14. The van der Waals surface area contributed by atoms with E-state index in [-0.39, 0.29) is 97.3 Å². The smallest absolute Gasteiger partial charge is 0.373 e. The van der Waals surface area contributed by atoms with Crippen LogP contribution in [0.25, 0.3) is 75.4 Å². The van der Waals surface area contributed by atoms with Crippen LogP contribution in [0.1, 0.15) is 51.8 Å². The van der Waals surface area contributed by atoms with Crippen LogP contribution in [0, 0.1) is 0 Å². The van der Waals surface area contributed by atoms with Gasteiger partial charge in [0.1, 0.15) is 51.2 Å². The van der Waals surface area contributed by atoms with Crippen molar-refractivity contribution in [3.63, 3.8) is 0 Å². The summed E-state index contributed by atoms with van der Waals surface area (Å²) in [5.41, 5.74) is -0.664. The van der Waals surface area contributed by atoms with Crippen LogP contribution in [-0.2, 0) is 19.2 Å². The van der Waals surface area contributed by atoms with Gasteiger partial charge in [-0.15, -0.1) is 0 Å². The molecule has 28 nitrogen and oxygen atoms in total. The quantitative estimate of drug-likeness (QED) is 0.0562. The van der Waals surface area contributed by atoms with E-state index in [1.165, 1.54) is 66.7 Å². The van der Waals surface area contributed by atoms with Crippen molar-refractivity contribution in [3.05, 3.63) is 252 Å². The summed E-state index contributed by atoms with van der Waals surface area (Å²) in [6.07, 6.45) is 0.500. The van der Waals surface area contributed by atoms with E-state index in [1.54, 1.807) is 115 Å². The number of rotatable bonds is 5. The number of aromatic carboxylic acids is 5. The van der Waals surface area contributed by atoms with Gasteiger partial charge in [0.05, 0.1) is 11.1 Å². The van der Waals surface area contributed by atoms with E-state index in [4.69, 9.17) is 49.8 Å². The Labute approximate surface area is 588 Å². The molecule has 0 atom stereocenters. The van der Waals surface area contributed by atoms with Gasteiger partial charge in [-0.1, -0.05) is 152 Å². The lowest BCUT2D eigenvalue weighted by atomic mass is 10.0. The molecular formula is C77H56O28.